The molecule has 7 aromatic rings. The molecule has 0 radical (unpaired) electrons. The molecule has 0 aromatic heterocycles. The van der Waals surface area contributed by atoms with E-state index < -0.39 is 7.59 Å². The van der Waals surface area contributed by atoms with Gasteiger partial charge in [-0.05, 0) is 39.5 Å². The average Bonchev–Trinajstić information content (AvgIpc) is 3.91. The average molecular weight is 1060 g/mol. The van der Waals surface area contributed by atoms with Crippen molar-refractivity contribution in [2.45, 2.75) is 66.4 Å². The van der Waals surface area contributed by atoms with Crippen molar-refractivity contribution in [3.63, 3.8) is 0 Å². The molecule has 7 aromatic carbocycles. The first-order chi connectivity index (χ1) is 28.2. The van der Waals surface area contributed by atoms with Crippen molar-refractivity contribution in [2.24, 2.45) is 0 Å². The smallest absolute Gasteiger partial charge is 0.172 e. The summed E-state index contributed by atoms with van der Waals surface area (Å²) in [4.78, 5) is 0. The number of hydrogen-bond acceptors (Lipinski definition) is 0. The van der Waals surface area contributed by atoms with Crippen molar-refractivity contribution >= 4 is 72.8 Å². The molecule has 0 nitrogen and oxygen atoms in total. The Labute approximate surface area is 425 Å². The van der Waals surface area contributed by atoms with Crippen molar-refractivity contribution in [3.8, 4) is 33.4 Å². The largest absolute Gasteiger partial charge is 1.00 e. The molecule has 0 aliphatic heterocycles. The van der Waals surface area contributed by atoms with Crippen molar-refractivity contribution in [2.75, 3.05) is 0 Å². The van der Waals surface area contributed by atoms with Crippen molar-refractivity contribution in [3.05, 3.63) is 208 Å². The first kappa shape index (κ1) is 52.4. The molecule has 1 aliphatic carbocycles. The van der Waals surface area contributed by atoms with Gasteiger partial charge in [0.15, 0.2) is 0 Å². The van der Waals surface area contributed by atoms with Gasteiger partial charge in [0.2, 0.25) is 0 Å². The summed E-state index contributed by atoms with van der Waals surface area (Å²) in [6.45, 7) is 13.9. The Kier molecular flexibility index (Phi) is 18.4. The molecule has 0 saturated carbocycles. The van der Waals surface area contributed by atoms with Crippen LogP contribution in [0.2, 0.25) is 0 Å². The summed E-state index contributed by atoms with van der Waals surface area (Å²) in [5.74, 6) is 0. The minimum atomic E-state index is -1.45. The van der Waals surface area contributed by atoms with E-state index in [4.69, 9.17) is 69.6 Å². The third-order valence-electron chi connectivity index (χ3n) is 10.3. The molecule has 0 saturated heterocycles. The van der Waals surface area contributed by atoms with Crippen molar-refractivity contribution in [1.82, 2.24) is 0 Å². The molecule has 0 amide bonds. The molecule has 1 aliphatic rings. The number of halogens is 8. The molecule has 9 heteroatoms. The van der Waals surface area contributed by atoms with E-state index in [-0.39, 0.29) is 35.6 Å². The summed E-state index contributed by atoms with van der Waals surface area (Å²) >= 11 is 36.9. The fourth-order valence-corrected chi connectivity index (χ4v) is 8.76. The van der Waals surface area contributed by atoms with Crippen LogP contribution in [0.5, 0.6) is 0 Å². The SMILES string of the molecule is CC(C)(C)c1cc2c([c-]c1-c1ccccc1)Cc1cc(-c3ccccc3)c(C(C)(C)C)cc1-2.ClC(Cl)(Cl)c1cccc([C](=[Zr+2])c2cccc(C(Cl)(Cl)Cl)c2)c1.[Cl-].[Cl-].c1cc[cH-]c1. The number of hydrogen-bond donors (Lipinski definition) is 0. The minimum Gasteiger partial charge on any atom is -1.00 e. The molecular weight excluding hydrogens is 1010 g/mol. The molecule has 0 atom stereocenters. The first-order valence-corrected chi connectivity index (χ1v) is 23.2. The van der Waals surface area contributed by atoms with Crippen LogP contribution in [0.15, 0.2) is 158 Å². The summed E-state index contributed by atoms with van der Waals surface area (Å²) in [7, 11) is 0. The second kappa shape index (κ2) is 21.8. The molecule has 0 N–H and O–H groups in total. The molecule has 62 heavy (non-hydrogen) atoms. The zero-order valence-electron chi connectivity index (χ0n) is 35.2. The maximum absolute atomic E-state index is 5.94. The molecule has 0 bridgehead atoms. The monoisotopic (exact) mass is 1050 g/mol. The van der Waals surface area contributed by atoms with E-state index >= 15 is 0 Å². The summed E-state index contributed by atoms with van der Waals surface area (Å²) in [6, 6.07) is 57.7. The first-order valence-electron chi connectivity index (χ1n) is 19.7. The number of rotatable bonds is 4. The van der Waals surface area contributed by atoms with Crippen LogP contribution in [0.25, 0.3) is 33.4 Å². The Balaban J connectivity index is 0.000000252. The maximum Gasteiger partial charge on any atom is -0.172 e. The van der Waals surface area contributed by atoms with Crippen LogP contribution in [0.1, 0.15) is 86.1 Å². The van der Waals surface area contributed by atoms with Crippen LogP contribution in [0.3, 0.4) is 0 Å². The van der Waals surface area contributed by atoms with Crippen LogP contribution in [0, 0.1) is 6.07 Å². The van der Waals surface area contributed by atoms with E-state index in [2.05, 4.69) is 126 Å². The Bertz CT molecular complexity index is 2370. The van der Waals surface area contributed by atoms with Gasteiger partial charge < -0.3 is 24.8 Å². The van der Waals surface area contributed by atoms with Gasteiger partial charge in [0.05, 0.1) is 0 Å². The predicted octanol–water partition coefficient (Wildman–Crippen LogP) is 10.9. The third kappa shape index (κ3) is 13.2. The Morgan fingerprint density at radius 1 is 0.516 bits per heavy atom. The van der Waals surface area contributed by atoms with Crippen LogP contribution in [-0.2, 0) is 49.1 Å². The van der Waals surface area contributed by atoms with E-state index in [0.717, 1.165) is 20.8 Å². The predicted molar refractivity (Wildman–Crippen MR) is 258 cm³/mol. The summed E-state index contributed by atoms with van der Waals surface area (Å²) in [5, 5.41) is 0. The number of fused-ring (bicyclic) bond motifs is 3. The molecule has 320 valence electrons. The van der Waals surface area contributed by atoms with E-state index in [9.17, 15) is 0 Å². The molecule has 0 heterocycles. The normalized spacial score (nSPS) is 12.0. The Morgan fingerprint density at radius 3 is 1.42 bits per heavy atom. The van der Waals surface area contributed by atoms with E-state index in [0.29, 0.717) is 11.1 Å². The number of alkyl halides is 6. The van der Waals surface area contributed by atoms with Gasteiger partial charge in [-0.3, -0.25) is 0 Å². The topological polar surface area (TPSA) is 0 Å². The van der Waals surface area contributed by atoms with E-state index in [1.807, 2.05) is 66.7 Å². The minimum absolute atomic E-state index is 0. The maximum atomic E-state index is 5.94. The van der Waals surface area contributed by atoms with Crippen LogP contribution in [0.4, 0.5) is 0 Å². The van der Waals surface area contributed by atoms with Gasteiger partial charge in [0.25, 0.3) is 0 Å². The molecular formula is C53H46Cl8Zr-2. The summed E-state index contributed by atoms with van der Waals surface area (Å²) in [5.41, 5.74) is 16.7. The second-order valence-corrected chi connectivity index (χ2v) is 22.7. The van der Waals surface area contributed by atoms with Gasteiger partial charge in [-0.2, -0.15) is 18.2 Å². The fourth-order valence-electron chi connectivity index (χ4n) is 7.29. The van der Waals surface area contributed by atoms with Crippen LogP contribution >= 0.6 is 69.6 Å². The molecule has 0 fully saturated rings. The zero-order chi connectivity index (χ0) is 43.5. The Morgan fingerprint density at radius 2 is 0.984 bits per heavy atom. The van der Waals surface area contributed by atoms with Gasteiger partial charge in [-0.1, -0.05) is 131 Å². The zero-order valence-corrected chi connectivity index (χ0v) is 43.7. The van der Waals surface area contributed by atoms with Gasteiger partial charge in [0.1, 0.15) is 0 Å². The quantitative estimate of drug-likeness (QED) is 0.122. The summed E-state index contributed by atoms with van der Waals surface area (Å²) < 4.78 is -1.82. The van der Waals surface area contributed by atoms with E-state index in [1.54, 1.807) is 12.1 Å². The molecule has 0 spiro atoms. The molecule has 0 unspecified atom stereocenters. The van der Waals surface area contributed by atoms with Crippen LogP contribution in [-0.4, -0.2) is 3.21 Å². The third-order valence-corrected chi connectivity index (χ3v) is 13.1. The van der Waals surface area contributed by atoms with Crippen LogP contribution < -0.4 is 24.8 Å². The fraction of sp³-hybridized carbons (Fsp3) is 0.208. The van der Waals surface area contributed by atoms with Gasteiger partial charge in [-0.15, -0.1) is 28.8 Å². The van der Waals surface area contributed by atoms with Gasteiger partial charge in [-0.25, -0.2) is 12.1 Å². The van der Waals surface area contributed by atoms with E-state index in [1.165, 1.54) is 79.9 Å². The van der Waals surface area contributed by atoms with Crippen molar-refractivity contribution < 1.29 is 49.0 Å². The summed E-state index contributed by atoms with van der Waals surface area (Å²) in [6.07, 6.45) is 0.944. The second-order valence-electron chi connectivity index (χ2n) is 16.9. The van der Waals surface area contributed by atoms with Gasteiger partial charge >= 0.3 is 175 Å². The van der Waals surface area contributed by atoms with Gasteiger partial charge in [0, 0.05) is 0 Å². The van der Waals surface area contributed by atoms with Crippen molar-refractivity contribution in [1.29, 1.82) is 0 Å². The number of benzene rings is 6. The Hall–Kier alpha value is -2.26. The molecule has 8 rings (SSSR count). The standard InChI is InChI=1S/C33H33.C15H8Cl6.C5H5.2ClH.Zr/c1-32(2,3)30-20-26-24(18-28(30)22-13-9-7-10-14-22)17-25-19-29(23-15-11-8-12-16-23)31(21-27(25)26)33(4,5)6;16-14(17,18)12-5-1-3-10(8-12)7-11-4-2-6-13(9-11)15(19,20)21;1-2-4-5-3-1;;;/h7-16,18,20-21H,17H2,1-6H3;1-6,8-9H;1-5H;2*1H;/q-1;;-1;;;+2/p-2.